The summed E-state index contributed by atoms with van der Waals surface area (Å²) in [6.45, 7) is 3.57. The summed E-state index contributed by atoms with van der Waals surface area (Å²) in [7, 11) is 0. The number of hydrogen-bond acceptors (Lipinski definition) is 3. The molecule has 2 aromatic rings. The van der Waals surface area contributed by atoms with E-state index in [9.17, 15) is 18.0 Å². The fraction of sp³-hybridized carbons (Fsp3) is 0.222. The quantitative estimate of drug-likeness (QED) is 0.658. The lowest BCUT2D eigenvalue weighted by molar-refractivity contribution is -0.137. The van der Waals surface area contributed by atoms with Crippen LogP contribution in [-0.4, -0.2) is 18.7 Å². The normalized spacial score (nSPS) is 11.6. The Morgan fingerprint density at radius 1 is 1.20 bits per heavy atom. The molecule has 132 valence electrons. The Kier molecular flexibility index (Phi) is 5.80. The van der Waals surface area contributed by atoms with Gasteiger partial charge in [0.05, 0.1) is 11.8 Å². The Bertz CT molecular complexity index is 786. The van der Waals surface area contributed by atoms with E-state index in [1.807, 2.05) is 26.0 Å². The Balaban J connectivity index is 1.88. The largest absolute Gasteiger partial charge is 0.483 e. The van der Waals surface area contributed by atoms with E-state index in [0.717, 1.165) is 29.5 Å². The fourth-order valence-electron chi connectivity index (χ4n) is 2.11. The van der Waals surface area contributed by atoms with Crippen LogP contribution in [0.1, 0.15) is 22.3 Å². The Labute approximate surface area is 143 Å². The monoisotopic (exact) mass is 350 g/mol. The maximum Gasteiger partial charge on any atom is 0.416 e. The van der Waals surface area contributed by atoms with Gasteiger partial charge in [0.2, 0.25) is 0 Å². The predicted octanol–water partition coefficient (Wildman–Crippen LogP) is 3.85. The Morgan fingerprint density at radius 3 is 2.64 bits per heavy atom. The molecular formula is C18H17F3N2O2. The van der Waals surface area contributed by atoms with E-state index < -0.39 is 17.6 Å². The molecule has 1 amide bonds. The van der Waals surface area contributed by atoms with Gasteiger partial charge >= 0.3 is 6.18 Å². The minimum atomic E-state index is -4.42. The lowest BCUT2D eigenvalue weighted by Gasteiger charge is -2.08. The number of nitrogens with one attached hydrogen (secondary N) is 1. The van der Waals surface area contributed by atoms with E-state index in [-0.39, 0.29) is 12.2 Å². The van der Waals surface area contributed by atoms with Crippen LogP contribution in [0.3, 0.4) is 0 Å². The number of hydrogen-bond donors (Lipinski definition) is 1. The van der Waals surface area contributed by atoms with E-state index in [1.54, 1.807) is 6.07 Å². The van der Waals surface area contributed by atoms with Crippen molar-refractivity contribution in [2.24, 2.45) is 5.10 Å². The summed E-state index contributed by atoms with van der Waals surface area (Å²) < 4.78 is 43.2. The van der Waals surface area contributed by atoms with Gasteiger partial charge in [0.25, 0.3) is 5.91 Å². The van der Waals surface area contributed by atoms with Crippen LogP contribution >= 0.6 is 0 Å². The third kappa shape index (κ3) is 5.63. The average molecular weight is 350 g/mol. The molecule has 1 N–H and O–H groups in total. The number of carbonyl (C=O) groups is 1. The van der Waals surface area contributed by atoms with Gasteiger partial charge in [0, 0.05) is 0 Å². The van der Waals surface area contributed by atoms with Gasteiger partial charge in [0.15, 0.2) is 6.61 Å². The molecule has 0 aromatic heterocycles. The molecule has 0 unspecified atom stereocenters. The van der Waals surface area contributed by atoms with Crippen LogP contribution in [0.15, 0.2) is 47.6 Å². The highest BCUT2D eigenvalue weighted by molar-refractivity contribution is 5.83. The van der Waals surface area contributed by atoms with Crippen LogP contribution in [0.4, 0.5) is 13.2 Å². The molecule has 7 heteroatoms. The van der Waals surface area contributed by atoms with Crippen LogP contribution in [0.2, 0.25) is 0 Å². The molecule has 0 aliphatic carbocycles. The molecule has 0 heterocycles. The molecule has 4 nitrogen and oxygen atoms in total. The number of rotatable bonds is 5. The van der Waals surface area contributed by atoms with Crippen LogP contribution in [0, 0.1) is 13.8 Å². The number of carbonyl (C=O) groups excluding carboxylic acids is 1. The Hall–Kier alpha value is -2.83. The summed E-state index contributed by atoms with van der Waals surface area (Å²) in [6.07, 6.45) is -3.28. The maximum atomic E-state index is 12.6. The van der Waals surface area contributed by atoms with Crippen molar-refractivity contribution in [1.82, 2.24) is 5.43 Å². The van der Waals surface area contributed by atoms with Crippen molar-refractivity contribution in [3.8, 4) is 5.75 Å². The number of halogens is 3. The maximum absolute atomic E-state index is 12.6. The first-order valence-electron chi connectivity index (χ1n) is 7.45. The van der Waals surface area contributed by atoms with Gasteiger partial charge in [-0.25, -0.2) is 5.43 Å². The molecule has 0 saturated heterocycles. The number of ether oxygens (including phenoxy) is 1. The minimum absolute atomic E-state index is 0.227. The molecule has 0 saturated carbocycles. The highest BCUT2D eigenvalue weighted by Crippen LogP contribution is 2.29. The average Bonchev–Trinajstić information content (AvgIpc) is 2.53. The molecule has 0 atom stereocenters. The predicted molar refractivity (Wildman–Crippen MR) is 88.6 cm³/mol. The fourth-order valence-corrected chi connectivity index (χ4v) is 2.11. The van der Waals surface area contributed by atoms with E-state index in [2.05, 4.69) is 10.5 Å². The molecule has 2 aromatic carbocycles. The lowest BCUT2D eigenvalue weighted by Crippen LogP contribution is -2.24. The Morgan fingerprint density at radius 2 is 1.96 bits per heavy atom. The van der Waals surface area contributed by atoms with Crippen LogP contribution in [0.5, 0.6) is 5.75 Å². The molecule has 0 bridgehead atoms. The van der Waals surface area contributed by atoms with Gasteiger partial charge in [-0.1, -0.05) is 29.8 Å². The van der Waals surface area contributed by atoms with Gasteiger partial charge < -0.3 is 4.74 Å². The highest BCUT2D eigenvalue weighted by Gasteiger charge is 2.30. The second kappa shape index (κ2) is 7.83. The van der Waals surface area contributed by atoms with Crippen molar-refractivity contribution < 1.29 is 22.7 Å². The standard InChI is InChI=1S/C18H17F3N2O2/c1-12-6-7-16(13(2)8-12)25-11-17(24)23-22-10-14-4-3-5-15(9-14)18(19,20)21/h3-10H,11H2,1-2H3,(H,23,24). The molecule has 2 rings (SSSR count). The first kappa shape index (κ1) is 18.5. The van der Waals surface area contributed by atoms with Gasteiger partial charge in [-0.2, -0.15) is 18.3 Å². The van der Waals surface area contributed by atoms with E-state index in [0.29, 0.717) is 5.75 Å². The zero-order valence-corrected chi connectivity index (χ0v) is 13.7. The SMILES string of the molecule is Cc1ccc(OCC(=O)NN=Cc2cccc(C(F)(F)F)c2)c(C)c1. The van der Waals surface area contributed by atoms with E-state index in [4.69, 9.17) is 4.74 Å². The summed E-state index contributed by atoms with van der Waals surface area (Å²) in [5, 5.41) is 3.64. The highest BCUT2D eigenvalue weighted by atomic mass is 19.4. The first-order valence-corrected chi connectivity index (χ1v) is 7.45. The smallest absolute Gasteiger partial charge is 0.416 e. The van der Waals surface area contributed by atoms with Crippen molar-refractivity contribution in [2.45, 2.75) is 20.0 Å². The summed E-state index contributed by atoms with van der Waals surface area (Å²) in [4.78, 5) is 11.7. The zero-order valence-electron chi connectivity index (χ0n) is 13.7. The van der Waals surface area contributed by atoms with Gasteiger partial charge in [-0.05, 0) is 43.2 Å². The molecule has 0 aliphatic heterocycles. The summed E-state index contributed by atoms with van der Waals surface area (Å²) >= 11 is 0. The summed E-state index contributed by atoms with van der Waals surface area (Å²) in [5.41, 5.74) is 3.65. The van der Waals surface area contributed by atoms with Crippen LogP contribution in [0.25, 0.3) is 0 Å². The van der Waals surface area contributed by atoms with Crippen molar-refractivity contribution in [2.75, 3.05) is 6.61 Å². The zero-order chi connectivity index (χ0) is 18.4. The summed E-state index contributed by atoms with van der Waals surface area (Å²) in [6, 6.07) is 10.2. The number of benzene rings is 2. The first-order chi connectivity index (χ1) is 11.8. The topological polar surface area (TPSA) is 50.7 Å². The molecule has 0 aliphatic rings. The van der Waals surface area contributed by atoms with E-state index in [1.165, 1.54) is 12.1 Å². The number of nitrogens with zero attached hydrogens (tertiary/aromatic N) is 1. The molecular weight excluding hydrogens is 333 g/mol. The van der Waals surface area contributed by atoms with Gasteiger partial charge in [0.1, 0.15) is 5.75 Å². The number of aryl methyl sites for hydroxylation is 2. The number of amides is 1. The molecule has 0 fully saturated rings. The van der Waals surface area contributed by atoms with E-state index >= 15 is 0 Å². The molecule has 25 heavy (non-hydrogen) atoms. The minimum Gasteiger partial charge on any atom is -0.483 e. The van der Waals surface area contributed by atoms with Gasteiger partial charge in [-0.15, -0.1) is 0 Å². The second-order valence-electron chi connectivity index (χ2n) is 5.47. The van der Waals surface area contributed by atoms with Gasteiger partial charge in [-0.3, -0.25) is 4.79 Å². The molecule has 0 radical (unpaired) electrons. The van der Waals surface area contributed by atoms with Crippen molar-refractivity contribution in [3.63, 3.8) is 0 Å². The second-order valence-corrected chi connectivity index (χ2v) is 5.47. The van der Waals surface area contributed by atoms with Crippen LogP contribution < -0.4 is 10.2 Å². The third-order valence-corrected chi connectivity index (χ3v) is 3.31. The van der Waals surface area contributed by atoms with Crippen molar-refractivity contribution in [3.05, 3.63) is 64.7 Å². The van der Waals surface area contributed by atoms with Crippen molar-refractivity contribution in [1.29, 1.82) is 0 Å². The molecule has 0 spiro atoms. The van der Waals surface area contributed by atoms with Crippen molar-refractivity contribution >= 4 is 12.1 Å². The summed E-state index contributed by atoms with van der Waals surface area (Å²) in [5.74, 6) is 0.0748. The number of alkyl halides is 3. The number of hydrazone groups is 1. The third-order valence-electron chi connectivity index (χ3n) is 3.31. The lowest BCUT2D eigenvalue weighted by atomic mass is 10.1. The van der Waals surface area contributed by atoms with Crippen LogP contribution in [-0.2, 0) is 11.0 Å².